The molecule has 21 heavy (non-hydrogen) atoms. The van der Waals surface area contributed by atoms with Crippen LogP contribution in [0.1, 0.15) is 20.3 Å². The number of nitrogens with one attached hydrogen (secondary N) is 1. The van der Waals surface area contributed by atoms with Gasteiger partial charge in [-0.25, -0.2) is 0 Å². The summed E-state index contributed by atoms with van der Waals surface area (Å²) in [5.41, 5.74) is 0.654. The molecule has 6 heteroatoms. The summed E-state index contributed by atoms with van der Waals surface area (Å²) in [6, 6.07) is 6.74. The summed E-state index contributed by atoms with van der Waals surface area (Å²) >= 11 is 5.81. The van der Waals surface area contributed by atoms with Gasteiger partial charge in [0.15, 0.2) is 0 Å². The Morgan fingerprint density at radius 2 is 1.86 bits per heavy atom. The van der Waals surface area contributed by atoms with E-state index in [1.165, 1.54) is 4.90 Å². The number of halogens is 1. The van der Waals surface area contributed by atoms with E-state index >= 15 is 0 Å². The molecule has 0 unspecified atom stereocenters. The summed E-state index contributed by atoms with van der Waals surface area (Å²) in [4.78, 5) is 24.3. The van der Waals surface area contributed by atoms with Gasteiger partial charge in [-0.05, 0) is 36.6 Å². The number of carbonyl (C=O) groups is 2. The average molecular weight is 313 g/mol. The van der Waals surface area contributed by atoms with Gasteiger partial charge in [-0.3, -0.25) is 9.59 Å². The molecule has 1 rings (SSSR count). The molecule has 1 amide bonds. The zero-order chi connectivity index (χ0) is 15.8. The number of anilines is 1. The van der Waals surface area contributed by atoms with Gasteiger partial charge < -0.3 is 15.3 Å². The lowest BCUT2D eigenvalue weighted by Crippen LogP contribution is -2.40. The predicted molar refractivity (Wildman–Crippen MR) is 83.8 cm³/mol. The molecule has 116 valence electrons. The highest BCUT2D eigenvalue weighted by molar-refractivity contribution is 6.30. The third-order valence-electron chi connectivity index (χ3n) is 2.90. The zero-order valence-electron chi connectivity index (χ0n) is 12.3. The van der Waals surface area contributed by atoms with E-state index in [0.717, 1.165) is 6.42 Å². The summed E-state index contributed by atoms with van der Waals surface area (Å²) in [7, 11) is 0. The molecule has 0 aliphatic heterocycles. The van der Waals surface area contributed by atoms with Gasteiger partial charge in [0.1, 0.15) is 6.54 Å². The van der Waals surface area contributed by atoms with Gasteiger partial charge in [-0.15, -0.1) is 0 Å². The minimum absolute atomic E-state index is 0.00598. The van der Waals surface area contributed by atoms with E-state index in [1.54, 1.807) is 24.3 Å². The van der Waals surface area contributed by atoms with Crippen LogP contribution in [0, 0.1) is 5.92 Å². The van der Waals surface area contributed by atoms with Crippen molar-refractivity contribution in [1.82, 2.24) is 5.32 Å². The summed E-state index contributed by atoms with van der Waals surface area (Å²) in [6.07, 6.45) is 0.894. The van der Waals surface area contributed by atoms with Crippen LogP contribution in [0.25, 0.3) is 0 Å². The van der Waals surface area contributed by atoms with Gasteiger partial charge in [0, 0.05) is 17.3 Å². The highest BCUT2D eigenvalue weighted by Crippen LogP contribution is 2.17. The first-order valence-electron chi connectivity index (χ1n) is 6.87. The Kier molecular flexibility index (Phi) is 7.02. The van der Waals surface area contributed by atoms with Gasteiger partial charge in [-0.2, -0.15) is 0 Å². The maximum Gasteiger partial charge on any atom is 0.323 e. The van der Waals surface area contributed by atoms with Gasteiger partial charge in [0.05, 0.1) is 6.54 Å². The molecule has 5 nitrogen and oxygen atoms in total. The molecule has 0 bridgehead atoms. The second kappa shape index (κ2) is 8.52. The van der Waals surface area contributed by atoms with Crippen LogP contribution >= 0.6 is 11.6 Å². The molecule has 0 spiro atoms. The minimum Gasteiger partial charge on any atom is -0.480 e. The number of carbonyl (C=O) groups excluding carboxylic acids is 1. The Labute approximate surface area is 129 Å². The van der Waals surface area contributed by atoms with Crippen LogP contribution in [-0.4, -0.2) is 36.6 Å². The van der Waals surface area contributed by atoms with Crippen molar-refractivity contribution in [2.24, 2.45) is 5.92 Å². The van der Waals surface area contributed by atoms with Crippen LogP contribution in [-0.2, 0) is 9.59 Å². The zero-order valence-corrected chi connectivity index (χ0v) is 13.1. The van der Waals surface area contributed by atoms with E-state index in [1.807, 2.05) is 0 Å². The first-order valence-corrected chi connectivity index (χ1v) is 7.25. The number of aliphatic carboxylic acids is 1. The van der Waals surface area contributed by atoms with Crippen LogP contribution in [0.15, 0.2) is 24.3 Å². The molecule has 2 N–H and O–H groups in total. The molecular formula is C15H21ClN2O3. The number of hydrogen-bond donors (Lipinski definition) is 2. The Morgan fingerprint density at radius 3 is 2.38 bits per heavy atom. The van der Waals surface area contributed by atoms with Crippen LogP contribution in [0.3, 0.4) is 0 Å². The van der Waals surface area contributed by atoms with Crippen molar-refractivity contribution in [1.29, 1.82) is 0 Å². The molecule has 1 aromatic rings. The van der Waals surface area contributed by atoms with Crippen molar-refractivity contribution in [2.45, 2.75) is 20.3 Å². The number of rotatable bonds is 8. The monoisotopic (exact) mass is 312 g/mol. The molecule has 0 saturated carbocycles. The molecule has 1 aromatic carbocycles. The fraction of sp³-hybridized carbons (Fsp3) is 0.467. The molecule has 0 atom stereocenters. The van der Waals surface area contributed by atoms with E-state index in [2.05, 4.69) is 19.2 Å². The smallest absolute Gasteiger partial charge is 0.323 e. The maximum absolute atomic E-state index is 11.9. The number of carboxylic acids is 1. The summed E-state index contributed by atoms with van der Waals surface area (Å²) in [5.74, 6) is -0.663. The third-order valence-corrected chi connectivity index (χ3v) is 3.15. The van der Waals surface area contributed by atoms with E-state index in [0.29, 0.717) is 23.2 Å². The summed E-state index contributed by atoms with van der Waals surface area (Å²) < 4.78 is 0. The fourth-order valence-electron chi connectivity index (χ4n) is 1.78. The molecule has 0 heterocycles. The van der Waals surface area contributed by atoms with Crippen LogP contribution in [0.4, 0.5) is 5.69 Å². The second-order valence-electron chi connectivity index (χ2n) is 5.26. The lowest BCUT2D eigenvalue weighted by molar-refractivity contribution is -0.135. The molecule has 0 aromatic heterocycles. The van der Waals surface area contributed by atoms with Crippen LogP contribution in [0.2, 0.25) is 5.02 Å². The third kappa shape index (κ3) is 6.99. The lowest BCUT2D eigenvalue weighted by atomic mass is 10.1. The standard InChI is InChI=1S/C15H21ClN2O3/c1-11(2)7-8-17-14(19)9-18(10-15(20)21)13-5-3-12(16)4-6-13/h3-6,11H,7-10H2,1-2H3,(H,17,19)(H,20,21). The van der Waals surface area contributed by atoms with Gasteiger partial charge in [-0.1, -0.05) is 25.4 Å². The minimum atomic E-state index is -0.986. The first-order chi connectivity index (χ1) is 9.88. The molecule has 0 saturated heterocycles. The SMILES string of the molecule is CC(C)CCNC(=O)CN(CC(=O)O)c1ccc(Cl)cc1. The number of amides is 1. The second-order valence-corrected chi connectivity index (χ2v) is 5.70. The summed E-state index contributed by atoms with van der Waals surface area (Å²) in [6.45, 7) is 4.52. The van der Waals surface area contributed by atoms with Crippen molar-refractivity contribution in [3.8, 4) is 0 Å². The number of carboxylic acid groups (broad SMARTS) is 1. The quantitative estimate of drug-likeness (QED) is 0.773. The van der Waals surface area contributed by atoms with Gasteiger partial charge >= 0.3 is 5.97 Å². The van der Waals surface area contributed by atoms with Crippen molar-refractivity contribution in [2.75, 3.05) is 24.5 Å². The Hall–Kier alpha value is -1.75. The van der Waals surface area contributed by atoms with Gasteiger partial charge in [0.25, 0.3) is 0 Å². The number of nitrogens with zero attached hydrogens (tertiary/aromatic N) is 1. The van der Waals surface area contributed by atoms with Crippen molar-refractivity contribution in [3.05, 3.63) is 29.3 Å². The van der Waals surface area contributed by atoms with Crippen molar-refractivity contribution in [3.63, 3.8) is 0 Å². The molecule has 0 aliphatic carbocycles. The first kappa shape index (κ1) is 17.3. The molecule has 0 fully saturated rings. The average Bonchev–Trinajstić information content (AvgIpc) is 2.37. The normalized spacial score (nSPS) is 10.5. The van der Waals surface area contributed by atoms with Crippen molar-refractivity contribution < 1.29 is 14.7 Å². The Balaban J connectivity index is 2.63. The predicted octanol–water partition coefficient (Wildman–Crippen LogP) is 2.39. The molecule has 0 aliphatic rings. The van der Waals surface area contributed by atoms with E-state index < -0.39 is 5.97 Å². The largest absolute Gasteiger partial charge is 0.480 e. The van der Waals surface area contributed by atoms with E-state index in [4.69, 9.17) is 16.7 Å². The molecular weight excluding hydrogens is 292 g/mol. The van der Waals surface area contributed by atoms with E-state index in [9.17, 15) is 9.59 Å². The fourth-order valence-corrected chi connectivity index (χ4v) is 1.91. The topological polar surface area (TPSA) is 69.6 Å². The van der Waals surface area contributed by atoms with Crippen molar-refractivity contribution >= 4 is 29.2 Å². The summed E-state index contributed by atoms with van der Waals surface area (Å²) in [5, 5.41) is 12.3. The van der Waals surface area contributed by atoms with Gasteiger partial charge in [0.2, 0.25) is 5.91 Å². The lowest BCUT2D eigenvalue weighted by Gasteiger charge is -2.22. The molecule has 0 radical (unpaired) electrons. The van der Waals surface area contributed by atoms with Crippen LogP contribution < -0.4 is 10.2 Å². The number of benzene rings is 1. The van der Waals surface area contributed by atoms with E-state index in [-0.39, 0.29) is 19.0 Å². The Bertz CT molecular complexity index is 474. The highest BCUT2D eigenvalue weighted by atomic mass is 35.5. The Morgan fingerprint density at radius 1 is 1.24 bits per heavy atom. The maximum atomic E-state index is 11.9. The number of hydrogen-bond acceptors (Lipinski definition) is 3. The highest BCUT2D eigenvalue weighted by Gasteiger charge is 2.14. The van der Waals surface area contributed by atoms with Crippen LogP contribution in [0.5, 0.6) is 0 Å².